The van der Waals surface area contributed by atoms with Crippen molar-refractivity contribution in [1.29, 1.82) is 0 Å². The van der Waals surface area contributed by atoms with E-state index in [9.17, 15) is 9.59 Å². The van der Waals surface area contributed by atoms with Crippen LogP contribution in [0.15, 0.2) is 0 Å². The van der Waals surface area contributed by atoms with Crippen molar-refractivity contribution in [2.75, 3.05) is 6.54 Å². The summed E-state index contributed by atoms with van der Waals surface area (Å²) >= 11 is 0. The summed E-state index contributed by atoms with van der Waals surface area (Å²) in [7, 11) is 0. The molecule has 0 heterocycles. The van der Waals surface area contributed by atoms with Gasteiger partial charge in [-0.25, -0.2) is 0 Å². The van der Waals surface area contributed by atoms with E-state index in [2.05, 4.69) is 0 Å². The van der Waals surface area contributed by atoms with Gasteiger partial charge >= 0.3 is 5.97 Å². The van der Waals surface area contributed by atoms with Gasteiger partial charge in [-0.1, -0.05) is 13.8 Å². The summed E-state index contributed by atoms with van der Waals surface area (Å²) in [4.78, 5) is 23.5. The van der Waals surface area contributed by atoms with Crippen LogP contribution in [0.1, 0.15) is 33.6 Å². The van der Waals surface area contributed by atoms with Crippen molar-refractivity contribution in [2.45, 2.75) is 45.7 Å². The molecule has 15 heavy (non-hydrogen) atoms. The summed E-state index contributed by atoms with van der Waals surface area (Å²) in [5.74, 6) is -1.39. The van der Waals surface area contributed by atoms with Crippen LogP contribution in [0.3, 0.4) is 0 Å². The van der Waals surface area contributed by atoms with Gasteiger partial charge in [0, 0.05) is 6.04 Å². The minimum absolute atomic E-state index is 0.0403. The molecule has 0 saturated heterocycles. The van der Waals surface area contributed by atoms with Gasteiger partial charge in [0.2, 0.25) is 5.91 Å². The van der Waals surface area contributed by atoms with Crippen molar-refractivity contribution in [3.63, 3.8) is 0 Å². The van der Waals surface area contributed by atoms with E-state index in [4.69, 9.17) is 10.8 Å². The minimum Gasteiger partial charge on any atom is -0.480 e. The van der Waals surface area contributed by atoms with E-state index in [0.29, 0.717) is 6.42 Å². The van der Waals surface area contributed by atoms with Crippen molar-refractivity contribution in [1.82, 2.24) is 4.90 Å². The van der Waals surface area contributed by atoms with Crippen LogP contribution >= 0.6 is 0 Å². The van der Waals surface area contributed by atoms with Gasteiger partial charge < -0.3 is 10.8 Å². The van der Waals surface area contributed by atoms with Crippen LogP contribution in [0.25, 0.3) is 0 Å². The number of hydrogen-bond acceptors (Lipinski definition) is 3. The number of carbonyl (C=O) groups is 2. The summed E-state index contributed by atoms with van der Waals surface area (Å²) in [6.45, 7) is 5.53. The Labute approximate surface area is 90.2 Å². The average molecular weight is 216 g/mol. The Hall–Kier alpha value is -1.10. The number of amides is 1. The molecule has 0 aliphatic carbocycles. The van der Waals surface area contributed by atoms with E-state index in [1.165, 1.54) is 0 Å². The minimum atomic E-state index is -0.935. The predicted octanol–water partition coefficient (Wildman–Crippen LogP) is 0.435. The quantitative estimate of drug-likeness (QED) is 0.646. The Morgan fingerprint density at radius 3 is 2.13 bits per heavy atom. The van der Waals surface area contributed by atoms with E-state index < -0.39 is 17.9 Å². The Morgan fingerprint density at radius 2 is 1.87 bits per heavy atom. The summed E-state index contributed by atoms with van der Waals surface area (Å²) in [5.41, 5.74) is 5.24. The molecular formula is C10H20N2O3. The van der Waals surface area contributed by atoms with Crippen LogP contribution in [-0.2, 0) is 9.59 Å². The smallest absolute Gasteiger partial charge is 0.317 e. The number of rotatable bonds is 7. The van der Waals surface area contributed by atoms with Crippen molar-refractivity contribution >= 4 is 11.9 Å². The summed E-state index contributed by atoms with van der Waals surface area (Å²) in [5, 5.41) is 8.76. The number of primary amides is 1. The average Bonchev–Trinajstić information content (AvgIpc) is 2.15. The lowest BCUT2D eigenvalue weighted by molar-refractivity contribution is -0.140. The lowest BCUT2D eigenvalue weighted by Gasteiger charge is -2.32. The maximum absolute atomic E-state index is 11.2. The molecule has 0 rings (SSSR count). The molecule has 0 aromatic carbocycles. The van der Waals surface area contributed by atoms with Gasteiger partial charge in [0.05, 0.1) is 12.6 Å². The first kappa shape index (κ1) is 13.9. The predicted molar refractivity (Wildman–Crippen MR) is 57.4 cm³/mol. The zero-order valence-corrected chi connectivity index (χ0v) is 9.56. The third-order valence-electron chi connectivity index (χ3n) is 2.59. The molecule has 0 aromatic heterocycles. The monoisotopic (exact) mass is 216 g/mol. The first-order valence-corrected chi connectivity index (χ1v) is 5.20. The molecule has 2 unspecified atom stereocenters. The second-order valence-corrected chi connectivity index (χ2v) is 3.65. The molecule has 0 saturated carbocycles. The van der Waals surface area contributed by atoms with Gasteiger partial charge in [-0.15, -0.1) is 0 Å². The fraction of sp³-hybridized carbons (Fsp3) is 0.800. The van der Waals surface area contributed by atoms with Crippen LogP contribution < -0.4 is 5.73 Å². The molecule has 0 aliphatic heterocycles. The second-order valence-electron chi connectivity index (χ2n) is 3.65. The second kappa shape index (κ2) is 6.40. The lowest BCUT2D eigenvalue weighted by atomic mass is 10.1. The molecule has 0 bridgehead atoms. The van der Waals surface area contributed by atoms with Crippen LogP contribution in [0.5, 0.6) is 0 Å². The standard InChI is InChI=1S/C10H20N2O3/c1-4-7(3)12(6-9(13)14)8(5-2)10(11)15/h7-8H,4-6H2,1-3H3,(H2,11,15)(H,13,14). The SMILES string of the molecule is CCC(C)N(CC(=O)O)C(CC)C(N)=O. The zero-order valence-electron chi connectivity index (χ0n) is 9.56. The van der Waals surface area contributed by atoms with Gasteiger partial charge in [0.1, 0.15) is 0 Å². The van der Waals surface area contributed by atoms with E-state index in [1.54, 1.807) is 4.90 Å². The number of nitrogens with zero attached hydrogens (tertiary/aromatic N) is 1. The van der Waals surface area contributed by atoms with Crippen molar-refractivity contribution < 1.29 is 14.7 Å². The molecule has 0 spiro atoms. The first-order valence-electron chi connectivity index (χ1n) is 5.20. The van der Waals surface area contributed by atoms with E-state index in [0.717, 1.165) is 6.42 Å². The van der Waals surface area contributed by atoms with Crippen LogP contribution in [0.4, 0.5) is 0 Å². The fourth-order valence-electron chi connectivity index (χ4n) is 1.56. The highest BCUT2D eigenvalue weighted by molar-refractivity contribution is 5.80. The zero-order chi connectivity index (χ0) is 12.0. The van der Waals surface area contributed by atoms with Crippen LogP contribution in [-0.4, -0.2) is 40.5 Å². The Morgan fingerprint density at radius 1 is 1.33 bits per heavy atom. The lowest BCUT2D eigenvalue weighted by Crippen LogP contribution is -2.50. The Balaban J connectivity index is 4.72. The maximum Gasteiger partial charge on any atom is 0.317 e. The van der Waals surface area contributed by atoms with Gasteiger partial charge in [-0.3, -0.25) is 14.5 Å². The highest BCUT2D eigenvalue weighted by atomic mass is 16.4. The molecule has 0 aliphatic rings. The summed E-state index contributed by atoms with van der Waals surface area (Å²) in [6, 6.07) is -0.449. The largest absolute Gasteiger partial charge is 0.480 e. The molecule has 5 nitrogen and oxygen atoms in total. The van der Waals surface area contributed by atoms with Gasteiger partial charge in [-0.2, -0.15) is 0 Å². The molecular weight excluding hydrogens is 196 g/mol. The number of carboxylic acids is 1. The van der Waals surface area contributed by atoms with Crippen molar-refractivity contribution in [3.05, 3.63) is 0 Å². The number of nitrogens with two attached hydrogens (primary N) is 1. The molecule has 88 valence electrons. The Kier molecular flexibility index (Phi) is 5.93. The van der Waals surface area contributed by atoms with E-state index in [1.807, 2.05) is 20.8 Å². The van der Waals surface area contributed by atoms with Crippen molar-refractivity contribution in [2.24, 2.45) is 5.73 Å². The number of hydrogen-bond donors (Lipinski definition) is 2. The third kappa shape index (κ3) is 4.29. The Bertz CT molecular complexity index is 231. The van der Waals surface area contributed by atoms with Gasteiger partial charge in [0.15, 0.2) is 0 Å². The van der Waals surface area contributed by atoms with Crippen LogP contribution in [0.2, 0.25) is 0 Å². The molecule has 1 amide bonds. The number of aliphatic carboxylic acids is 1. The molecule has 0 radical (unpaired) electrons. The van der Waals surface area contributed by atoms with E-state index in [-0.39, 0.29) is 12.6 Å². The number of carboxylic acid groups (broad SMARTS) is 1. The topological polar surface area (TPSA) is 83.6 Å². The molecule has 3 N–H and O–H groups in total. The molecule has 2 atom stereocenters. The first-order chi connectivity index (χ1) is 6.93. The highest BCUT2D eigenvalue weighted by Gasteiger charge is 2.27. The highest BCUT2D eigenvalue weighted by Crippen LogP contribution is 2.11. The maximum atomic E-state index is 11.2. The van der Waals surface area contributed by atoms with Crippen LogP contribution in [0, 0.1) is 0 Å². The molecule has 5 heteroatoms. The van der Waals surface area contributed by atoms with Crippen molar-refractivity contribution in [3.8, 4) is 0 Å². The summed E-state index contributed by atoms with van der Waals surface area (Å²) < 4.78 is 0. The fourth-order valence-corrected chi connectivity index (χ4v) is 1.56. The number of carbonyl (C=O) groups excluding carboxylic acids is 1. The normalized spacial score (nSPS) is 14.9. The van der Waals surface area contributed by atoms with E-state index >= 15 is 0 Å². The summed E-state index contributed by atoms with van der Waals surface area (Å²) in [6.07, 6.45) is 1.32. The van der Waals surface area contributed by atoms with Gasteiger partial charge in [-0.05, 0) is 19.8 Å². The third-order valence-corrected chi connectivity index (χ3v) is 2.59. The molecule has 0 aromatic rings. The van der Waals surface area contributed by atoms with Gasteiger partial charge in [0.25, 0.3) is 0 Å². The molecule has 0 fully saturated rings.